The Balaban J connectivity index is 2.13. The van der Waals surface area contributed by atoms with E-state index in [2.05, 4.69) is 5.32 Å². The first kappa shape index (κ1) is 23.5. The molecule has 0 saturated carbocycles. The van der Waals surface area contributed by atoms with Gasteiger partial charge in [0.05, 0.1) is 26.4 Å². The third-order valence-corrected chi connectivity index (χ3v) is 5.91. The third-order valence-electron chi connectivity index (χ3n) is 5.91. The molecule has 1 aromatic carbocycles. The molecule has 1 heterocycles. The van der Waals surface area contributed by atoms with Crippen molar-refractivity contribution in [2.24, 2.45) is 11.8 Å². The van der Waals surface area contributed by atoms with Crippen molar-refractivity contribution >= 4 is 17.7 Å². The van der Waals surface area contributed by atoms with E-state index in [1.807, 2.05) is 13.0 Å². The van der Waals surface area contributed by atoms with Crippen LogP contribution < -0.4 is 10.1 Å². The third kappa shape index (κ3) is 4.41. The molecule has 32 heavy (non-hydrogen) atoms. The molecule has 0 saturated heterocycles. The zero-order valence-corrected chi connectivity index (χ0v) is 19.0. The molecule has 3 rings (SSSR count). The number of rotatable bonds is 7. The molecular weight excluding hydrogens is 414 g/mol. The van der Waals surface area contributed by atoms with Crippen molar-refractivity contribution in [1.29, 1.82) is 0 Å². The first-order valence-electron chi connectivity index (χ1n) is 10.5. The average molecular weight is 443 g/mol. The first-order valence-corrected chi connectivity index (χ1v) is 10.5. The smallest absolute Gasteiger partial charge is 0.336 e. The predicted octanol–water partition coefficient (Wildman–Crippen LogP) is 2.50. The van der Waals surface area contributed by atoms with Gasteiger partial charge in [-0.05, 0) is 37.0 Å². The molecule has 1 aromatic rings. The lowest BCUT2D eigenvalue weighted by molar-refractivity contribution is -0.151. The maximum Gasteiger partial charge on any atom is 0.336 e. The summed E-state index contributed by atoms with van der Waals surface area (Å²) >= 11 is 0. The van der Waals surface area contributed by atoms with Gasteiger partial charge in [-0.15, -0.1) is 0 Å². The Morgan fingerprint density at radius 2 is 1.91 bits per heavy atom. The Labute approximate surface area is 187 Å². The highest BCUT2D eigenvalue weighted by atomic mass is 16.6. The van der Waals surface area contributed by atoms with Crippen molar-refractivity contribution < 1.29 is 33.3 Å². The van der Waals surface area contributed by atoms with Crippen LogP contribution >= 0.6 is 0 Å². The van der Waals surface area contributed by atoms with Crippen LogP contribution in [0.1, 0.15) is 31.7 Å². The van der Waals surface area contributed by atoms with E-state index in [0.717, 1.165) is 0 Å². The number of ether oxygens (including phenoxy) is 4. The van der Waals surface area contributed by atoms with Crippen molar-refractivity contribution in [2.75, 3.05) is 34.5 Å². The number of carbonyl (C=O) groups excluding carboxylic acids is 3. The van der Waals surface area contributed by atoms with Crippen molar-refractivity contribution in [3.8, 4) is 5.75 Å². The highest BCUT2D eigenvalue weighted by Gasteiger charge is 2.47. The highest BCUT2D eigenvalue weighted by molar-refractivity contribution is 6.12. The molecule has 8 heteroatoms. The molecule has 3 unspecified atom stereocenters. The quantitative estimate of drug-likeness (QED) is 0.390. The minimum absolute atomic E-state index is 0.0820. The molecule has 0 bridgehead atoms. The van der Waals surface area contributed by atoms with E-state index in [-0.39, 0.29) is 24.9 Å². The van der Waals surface area contributed by atoms with Gasteiger partial charge in [-0.25, -0.2) is 4.79 Å². The van der Waals surface area contributed by atoms with Crippen LogP contribution in [0.3, 0.4) is 0 Å². The molecule has 8 nitrogen and oxygen atoms in total. The minimum atomic E-state index is -0.933. The van der Waals surface area contributed by atoms with Gasteiger partial charge in [-0.2, -0.15) is 0 Å². The molecule has 1 N–H and O–H groups in total. The van der Waals surface area contributed by atoms with E-state index in [1.165, 1.54) is 14.2 Å². The van der Waals surface area contributed by atoms with E-state index in [1.54, 1.807) is 32.2 Å². The van der Waals surface area contributed by atoms with Crippen molar-refractivity contribution in [1.82, 2.24) is 5.32 Å². The number of carbonyl (C=O) groups is 3. The molecular formula is C24H29NO7. The fourth-order valence-corrected chi connectivity index (χ4v) is 4.40. The second kappa shape index (κ2) is 9.99. The van der Waals surface area contributed by atoms with Crippen LogP contribution in [0.4, 0.5) is 0 Å². The fraction of sp³-hybridized carbons (Fsp3) is 0.458. The Bertz CT molecular complexity index is 978. The molecule has 2 aliphatic rings. The normalized spacial score (nSPS) is 22.8. The topological polar surface area (TPSA) is 100 Å². The van der Waals surface area contributed by atoms with Gasteiger partial charge in [0, 0.05) is 30.0 Å². The minimum Gasteiger partial charge on any atom is -0.497 e. The number of ketones is 1. The maximum absolute atomic E-state index is 13.6. The van der Waals surface area contributed by atoms with Gasteiger partial charge < -0.3 is 24.3 Å². The Morgan fingerprint density at radius 3 is 2.56 bits per heavy atom. The summed E-state index contributed by atoms with van der Waals surface area (Å²) in [6.07, 6.45) is 0.477. The predicted molar refractivity (Wildman–Crippen MR) is 116 cm³/mol. The molecule has 0 spiro atoms. The van der Waals surface area contributed by atoms with Crippen molar-refractivity contribution in [3.63, 3.8) is 0 Å². The number of nitrogens with one attached hydrogen (secondary N) is 1. The summed E-state index contributed by atoms with van der Waals surface area (Å²) in [5.74, 6) is -2.76. The van der Waals surface area contributed by atoms with Crippen LogP contribution in [0.25, 0.3) is 0 Å². The number of methoxy groups -OCH3 is 3. The lowest BCUT2D eigenvalue weighted by atomic mass is 9.69. The van der Waals surface area contributed by atoms with Gasteiger partial charge in [0.2, 0.25) is 0 Å². The van der Waals surface area contributed by atoms with Crippen molar-refractivity contribution in [3.05, 3.63) is 52.4 Å². The lowest BCUT2D eigenvalue weighted by Crippen LogP contribution is -2.43. The van der Waals surface area contributed by atoms with Crippen LogP contribution in [0.15, 0.2) is 46.8 Å². The SMILES string of the molecule is COCCOC(=O)C1=C(C)NC2=C(C(=O)C(C(=O)OC)C(C)C2)C1c1cccc(OC)c1. The monoisotopic (exact) mass is 443 g/mol. The van der Waals surface area contributed by atoms with E-state index >= 15 is 0 Å². The number of dihydropyridines is 1. The van der Waals surface area contributed by atoms with E-state index in [0.29, 0.717) is 40.3 Å². The summed E-state index contributed by atoms with van der Waals surface area (Å²) in [7, 11) is 4.34. The van der Waals surface area contributed by atoms with Crippen LogP contribution in [0.2, 0.25) is 0 Å². The molecule has 1 aliphatic heterocycles. The number of esters is 2. The molecule has 1 aliphatic carbocycles. The number of allylic oxidation sites excluding steroid dienone is 3. The summed E-state index contributed by atoms with van der Waals surface area (Å²) in [5.41, 5.74) is 2.72. The number of benzene rings is 1. The largest absolute Gasteiger partial charge is 0.497 e. The van der Waals surface area contributed by atoms with Crippen LogP contribution in [-0.2, 0) is 28.6 Å². The van der Waals surface area contributed by atoms with E-state index < -0.39 is 23.8 Å². The van der Waals surface area contributed by atoms with Gasteiger partial charge in [-0.1, -0.05) is 19.1 Å². The highest BCUT2D eigenvalue weighted by Crippen LogP contribution is 2.45. The number of Topliss-reactive ketones (excluding diaryl/α,β-unsaturated/α-hetero) is 1. The number of hydrogen-bond donors (Lipinski definition) is 1. The summed E-state index contributed by atoms with van der Waals surface area (Å²) < 4.78 is 20.7. The van der Waals surface area contributed by atoms with Gasteiger partial charge in [0.15, 0.2) is 5.78 Å². The Morgan fingerprint density at radius 1 is 1.16 bits per heavy atom. The summed E-state index contributed by atoms with van der Waals surface area (Å²) in [4.78, 5) is 39.2. The summed E-state index contributed by atoms with van der Waals surface area (Å²) in [6, 6.07) is 7.20. The van der Waals surface area contributed by atoms with E-state index in [9.17, 15) is 14.4 Å². The van der Waals surface area contributed by atoms with Crippen LogP contribution in [-0.4, -0.2) is 52.3 Å². The average Bonchev–Trinajstić information content (AvgIpc) is 2.77. The molecule has 0 radical (unpaired) electrons. The zero-order chi connectivity index (χ0) is 23.4. The molecule has 172 valence electrons. The van der Waals surface area contributed by atoms with Gasteiger partial charge in [0.1, 0.15) is 18.3 Å². The second-order valence-corrected chi connectivity index (χ2v) is 7.94. The molecule has 0 aromatic heterocycles. The molecule has 0 fully saturated rings. The molecule has 0 amide bonds. The summed E-state index contributed by atoms with van der Waals surface area (Å²) in [6.45, 7) is 3.97. The van der Waals surface area contributed by atoms with Gasteiger partial charge in [-0.3, -0.25) is 9.59 Å². The molecule has 3 atom stereocenters. The number of hydrogen-bond acceptors (Lipinski definition) is 8. The van der Waals surface area contributed by atoms with Crippen molar-refractivity contribution in [2.45, 2.75) is 26.2 Å². The first-order chi connectivity index (χ1) is 15.3. The fourth-order valence-electron chi connectivity index (χ4n) is 4.40. The van der Waals surface area contributed by atoms with Gasteiger partial charge in [0.25, 0.3) is 0 Å². The Hall–Kier alpha value is -3.13. The zero-order valence-electron chi connectivity index (χ0n) is 19.0. The summed E-state index contributed by atoms with van der Waals surface area (Å²) in [5, 5.41) is 3.23. The second-order valence-electron chi connectivity index (χ2n) is 7.94. The van der Waals surface area contributed by atoms with Gasteiger partial charge >= 0.3 is 11.9 Å². The van der Waals surface area contributed by atoms with Crippen LogP contribution in [0.5, 0.6) is 5.75 Å². The Kier molecular flexibility index (Phi) is 7.35. The van der Waals surface area contributed by atoms with E-state index in [4.69, 9.17) is 18.9 Å². The van der Waals surface area contributed by atoms with Crippen LogP contribution in [0, 0.1) is 11.8 Å². The standard InChI is InChI=1S/C24H29NO7/c1-13-11-17-21(22(26)18(13)23(27)31-5)20(15-7-6-8-16(12-15)30-4)19(14(2)25-17)24(28)32-10-9-29-3/h6-8,12-13,18,20,25H,9-11H2,1-5H3. The maximum atomic E-state index is 13.6. The lowest BCUT2D eigenvalue weighted by Gasteiger charge is -2.38.